The van der Waals surface area contributed by atoms with Crippen molar-refractivity contribution in [2.24, 2.45) is 0 Å². The number of aliphatic hydroxyl groups is 1. The van der Waals surface area contributed by atoms with Gasteiger partial charge < -0.3 is 20.6 Å². The van der Waals surface area contributed by atoms with E-state index < -0.39 is 12.1 Å². The molecule has 6 heteroatoms. The van der Waals surface area contributed by atoms with E-state index in [-0.39, 0.29) is 11.9 Å². The molecular weight excluding hydrogens is 330 g/mol. The Labute approximate surface area is 152 Å². The molecule has 0 unspecified atom stereocenters. The van der Waals surface area contributed by atoms with Crippen molar-refractivity contribution in [3.8, 4) is 0 Å². The molecule has 1 aliphatic carbocycles. The zero-order valence-electron chi connectivity index (χ0n) is 14.9. The van der Waals surface area contributed by atoms with E-state index in [1.54, 1.807) is 26.2 Å². The monoisotopic (exact) mass is 353 g/mol. The molecule has 2 aromatic carbocycles. The van der Waals surface area contributed by atoms with Crippen LogP contribution in [-0.2, 0) is 13.0 Å². The summed E-state index contributed by atoms with van der Waals surface area (Å²) in [6, 6.07) is 14.1. The molecule has 0 aliphatic heterocycles. The minimum absolute atomic E-state index is 0.0591. The average Bonchev–Trinajstić information content (AvgIpc) is 2.95. The number of carbonyl (C=O) groups is 2. The standard InChI is InChI=1S/C20H23N3O3/c1-23(2)19(25)14-9-7-13(8-10-14)12-21-20(26)22-18-16-6-4-3-5-15(16)11-17(18)24/h3-10,17-18,24H,11-12H2,1-2H3,(H2,21,22,26)/t17-,18+/m1/s1. The molecule has 3 rings (SSSR count). The van der Waals surface area contributed by atoms with Gasteiger partial charge in [0.05, 0.1) is 12.1 Å². The summed E-state index contributed by atoms with van der Waals surface area (Å²) in [6.07, 6.45) is -0.0721. The number of benzene rings is 2. The number of aliphatic hydroxyl groups excluding tert-OH is 1. The Kier molecular flexibility index (Phi) is 5.23. The molecule has 1 aliphatic rings. The van der Waals surface area contributed by atoms with Crippen LogP contribution in [-0.4, -0.2) is 42.1 Å². The lowest BCUT2D eigenvalue weighted by atomic mass is 10.1. The molecule has 3 amide bonds. The predicted octanol–water partition coefficient (Wildman–Crippen LogP) is 1.85. The molecular formula is C20H23N3O3. The summed E-state index contributed by atoms with van der Waals surface area (Å²) in [5, 5.41) is 15.8. The second-order valence-corrected chi connectivity index (χ2v) is 6.67. The van der Waals surface area contributed by atoms with Gasteiger partial charge in [0.15, 0.2) is 0 Å². The van der Waals surface area contributed by atoms with Gasteiger partial charge in [-0.15, -0.1) is 0 Å². The Balaban J connectivity index is 1.55. The Morgan fingerprint density at radius 1 is 1.12 bits per heavy atom. The van der Waals surface area contributed by atoms with Gasteiger partial charge in [-0.2, -0.15) is 0 Å². The van der Waals surface area contributed by atoms with E-state index in [0.717, 1.165) is 16.7 Å². The molecule has 0 saturated carbocycles. The third-order valence-electron chi connectivity index (χ3n) is 4.55. The SMILES string of the molecule is CN(C)C(=O)c1ccc(CNC(=O)N[C@H]2c3ccccc3C[C@H]2O)cc1. The van der Waals surface area contributed by atoms with Gasteiger partial charge in [-0.25, -0.2) is 4.79 Å². The summed E-state index contributed by atoms with van der Waals surface area (Å²) in [5.74, 6) is -0.0591. The lowest BCUT2D eigenvalue weighted by Gasteiger charge is -2.18. The van der Waals surface area contributed by atoms with Crippen LogP contribution < -0.4 is 10.6 Å². The van der Waals surface area contributed by atoms with Gasteiger partial charge in [0.25, 0.3) is 5.91 Å². The number of amides is 3. The van der Waals surface area contributed by atoms with Crippen molar-refractivity contribution in [1.82, 2.24) is 15.5 Å². The fraction of sp³-hybridized carbons (Fsp3) is 0.300. The molecule has 0 radical (unpaired) electrons. The Morgan fingerprint density at radius 3 is 2.50 bits per heavy atom. The van der Waals surface area contributed by atoms with Crippen LogP contribution in [0.5, 0.6) is 0 Å². The minimum Gasteiger partial charge on any atom is -0.390 e. The maximum absolute atomic E-state index is 12.2. The number of nitrogens with zero attached hydrogens (tertiary/aromatic N) is 1. The van der Waals surface area contributed by atoms with Crippen molar-refractivity contribution in [2.45, 2.75) is 25.1 Å². The zero-order valence-corrected chi connectivity index (χ0v) is 14.9. The van der Waals surface area contributed by atoms with E-state index in [9.17, 15) is 14.7 Å². The molecule has 136 valence electrons. The molecule has 2 atom stereocenters. The Hall–Kier alpha value is -2.86. The molecule has 26 heavy (non-hydrogen) atoms. The van der Waals surface area contributed by atoms with E-state index in [0.29, 0.717) is 18.5 Å². The van der Waals surface area contributed by atoms with Crippen LogP contribution in [0.1, 0.15) is 33.1 Å². The predicted molar refractivity (Wildman–Crippen MR) is 98.7 cm³/mol. The van der Waals surface area contributed by atoms with Gasteiger partial charge >= 0.3 is 6.03 Å². The number of nitrogens with one attached hydrogen (secondary N) is 2. The van der Waals surface area contributed by atoms with Gasteiger partial charge in [-0.05, 0) is 28.8 Å². The van der Waals surface area contributed by atoms with Crippen LogP contribution in [0, 0.1) is 0 Å². The number of fused-ring (bicyclic) bond motifs is 1. The van der Waals surface area contributed by atoms with Gasteiger partial charge in [0.1, 0.15) is 0 Å². The largest absolute Gasteiger partial charge is 0.390 e. The van der Waals surface area contributed by atoms with E-state index in [4.69, 9.17) is 0 Å². The summed E-state index contributed by atoms with van der Waals surface area (Å²) in [5.41, 5.74) is 3.52. The average molecular weight is 353 g/mol. The summed E-state index contributed by atoms with van der Waals surface area (Å²) in [7, 11) is 3.41. The van der Waals surface area contributed by atoms with E-state index >= 15 is 0 Å². The smallest absolute Gasteiger partial charge is 0.315 e. The zero-order chi connectivity index (χ0) is 18.7. The van der Waals surface area contributed by atoms with E-state index in [1.807, 2.05) is 36.4 Å². The first kappa shape index (κ1) is 17.9. The van der Waals surface area contributed by atoms with Crippen LogP contribution in [0.15, 0.2) is 48.5 Å². The van der Waals surface area contributed by atoms with Crippen molar-refractivity contribution in [1.29, 1.82) is 0 Å². The van der Waals surface area contributed by atoms with Crippen LogP contribution in [0.25, 0.3) is 0 Å². The lowest BCUT2D eigenvalue weighted by Crippen LogP contribution is -2.40. The Morgan fingerprint density at radius 2 is 1.81 bits per heavy atom. The van der Waals surface area contributed by atoms with Crippen molar-refractivity contribution in [3.63, 3.8) is 0 Å². The highest BCUT2D eigenvalue weighted by molar-refractivity contribution is 5.93. The van der Waals surface area contributed by atoms with Gasteiger partial charge in [0.2, 0.25) is 0 Å². The fourth-order valence-electron chi connectivity index (χ4n) is 3.15. The summed E-state index contributed by atoms with van der Waals surface area (Å²) >= 11 is 0. The first-order valence-electron chi connectivity index (χ1n) is 8.56. The topological polar surface area (TPSA) is 81.7 Å². The molecule has 6 nitrogen and oxygen atoms in total. The van der Waals surface area contributed by atoms with Crippen molar-refractivity contribution in [3.05, 3.63) is 70.8 Å². The summed E-state index contributed by atoms with van der Waals surface area (Å²) < 4.78 is 0. The molecule has 0 heterocycles. The van der Waals surface area contributed by atoms with Crippen LogP contribution in [0.3, 0.4) is 0 Å². The number of rotatable bonds is 4. The normalized spacial score (nSPS) is 18.1. The van der Waals surface area contributed by atoms with Crippen LogP contribution >= 0.6 is 0 Å². The van der Waals surface area contributed by atoms with Crippen molar-refractivity contribution >= 4 is 11.9 Å². The third-order valence-corrected chi connectivity index (χ3v) is 4.55. The molecule has 0 bridgehead atoms. The van der Waals surface area contributed by atoms with Crippen LogP contribution in [0.2, 0.25) is 0 Å². The number of carbonyl (C=O) groups excluding carboxylic acids is 2. The van der Waals surface area contributed by atoms with Gasteiger partial charge in [0, 0.05) is 32.6 Å². The van der Waals surface area contributed by atoms with E-state index in [1.165, 1.54) is 4.90 Å². The lowest BCUT2D eigenvalue weighted by molar-refractivity contribution is 0.0827. The third kappa shape index (κ3) is 3.86. The Bertz CT molecular complexity index is 802. The second kappa shape index (κ2) is 7.58. The van der Waals surface area contributed by atoms with Crippen LogP contribution in [0.4, 0.5) is 4.79 Å². The van der Waals surface area contributed by atoms with Crippen molar-refractivity contribution in [2.75, 3.05) is 14.1 Å². The minimum atomic E-state index is -0.616. The number of urea groups is 1. The first-order valence-corrected chi connectivity index (χ1v) is 8.56. The summed E-state index contributed by atoms with van der Waals surface area (Å²) in [6.45, 7) is 0.340. The van der Waals surface area contributed by atoms with Crippen molar-refractivity contribution < 1.29 is 14.7 Å². The number of hydrogen-bond acceptors (Lipinski definition) is 3. The van der Waals surface area contributed by atoms with Gasteiger partial charge in [-0.1, -0.05) is 36.4 Å². The maximum Gasteiger partial charge on any atom is 0.315 e. The fourth-order valence-corrected chi connectivity index (χ4v) is 3.15. The highest BCUT2D eigenvalue weighted by Crippen LogP contribution is 2.31. The van der Waals surface area contributed by atoms with Gasteiger partial charge in [-0.3, -0.25) is 4.79 Å². The maximum atomic E-state index is 12.2. The quantitative estimate of drug-likeness (QED) is 0.785. The first-order chi connectivity index (χ1) is 12.5. The molecule has 2 aromatic rings. The molecule has 0 saturated heterocycles. The molecule has 0 spiro atoms. The number of hydrogen-bond donors (Lipinski definition) is 3. The molecule has 0 fully saturated rings. The second-order valence-electron chi connectivity index (χ2n) is 6.67. The highest BCUT2D eigenvalue weighted by Gasteiger charge is 2.31. The molecule has 0 aromatic heterocycles. The molecule has 3 N–H and O–H groups in total. The summed E-state index contributed by atoms with van der Waals surface area (Å²) in [4.78, 5) is 25.6. The highest BCUT2D eigenvalue weighted by atomic mass is 16.3. The van der Waals surface area contributed by atoms with E-state index in [2.05, 4.69) is 10.6 Å².